The number of hydrogen-bond donors (Lipinski definition) is 0. The molecule has 1 atom stereocenters. The van der Waals surface area contributed by atoms with E-state index < -0.39 is 0 Å². The lowest BCUT2D eigenvalue weighted by Gasteiger charge is -2.30. The van der Waals surface area contributed by atoms with Crippen LogP contribution < -0.4 is 5.30 Å². The molecule has 0 fully saturated rings. The van der Waals surface area contributed by atoms with E-state index >= 15 is 0 Å². The minimum absolute atomic E-state index is 0.261. The molecule has 0 heterocycles. The summed E-state index contributed by atoms with van der Waals surface area (Å²) in [7, 11) is 2.88. The molecule has 21 heavy (non-hydrogen) atoms. The predicted octanol–water partition coefficient (Wildman–Crippen LogP) is 5.92. The summed E-state index contributed by atoms with van der Waals surface area (Å²) in [5.74, 6) is 0. The van der Waals surface area contributed by atoms with Crippen molar-refractivity contribution in [2.75, 3.05) is 0 Å². The smallest absolute Gasteiger partial charge is 0.00999 e. The molecular formula is C20H33P. The molecule has 0 spiro atoms. The fourth-order valence-electron chi connectivity index (χ4n) is 1.96. The lowest BCUT2D eigenvalue weighted by Crippen LogP contribution is -2.24. The van der Waals surface area contributed by atoms with E-state index in [1.54, 1.807) is 12.2 Å². The third-order valence-electron chi connectivity index (χ3n) is 4.50. The van der Waals surface area contributed by atoms with Gasteiger partial charge < -0.3 is 0 Å². The quantitative estimate of drug-likeness (QED) is 0.468. The van der Waals surface area contributed by atoms with Gasteiger partial charge in [0.15, 0.2) is 0 Å². The Kier molecular flexibility index (Phi) is 8.19. The second kappa shape index (κ2) is 8.54. The van der Waals surface area contributed by atoms with Crippen molar-refractivity contribution in [3.05, 3.63) is 54.6 Å². The monoisotopic (exact) mass is 304 g/mol. The van der Waals surface area contributed by atoms with Crippen LogP contribution in [0.25, 0.3) is 0 Å². The fraction of sp³-hybridized carbons (Fsp3) is 0.500. The van der Waals surface area contributed by atoms with E-state index in [9.17, 15) is 0 Å². The molecule has 0 radical (unpaired) electrons. The van der Waals surface area contributed by atoms with Crippen LogP contribution in [0.1, 0.15) is 65.5 Å². The van der Waals surface area contributed by atoms with Gasteiger partial charge in [0.25, 0.3) is 0 Å². The molecule has 0 saturated carbocycles. The Morgan fingerprint density at radius 3 is 1.81 bits per heavy atom. The second-order valence-electron chi connectivity index (χ2n) is 6.75. The van der Waals surface area contributed by atoms with Gasteiger partial charge in [-0.3, -0.25) is 0 Å². The molecule has 0 saturated heterocycles. The summed E-state index contributed by atoms with van der Waals surface area (Å²) in [5, 5.41) is 1.34. The maximum absolute atomic E-state index is 3.36. The summed E-state index contributed by atoms with van der Waals surface area (Å²) in [4.78, 5) is 0. The van der Waals surface area contributed by atoms with E-state index in [0.29, 0.717) is 0 Å². The van der Waals surface area contributed by atoms with Gasteiger partial charge in [-0.1, -0.05) is 85.1 Å². The molecule has 1 rings (SSSR count). The standard InChI is InChI=1S/C16H27P.C4H6/c1-7-15(3,4)12-9-10-14(17)13(11-12)16(5,6)8-2;1-3-4-2/h9-11H,7-8,17H2,1-6H3;3-4H,1-2H2. The number of allylic oxidation sites excluding steroid dienone is 2. The molecule has 0 N–H and O–H groups in total. The van der Waals surface area contributed by atoms with Crippen molar-refractivity contribution in [2.24, 2.45) is 0 Å². The summed E-state index contributed by atoms with van der Waals surface area (Å²) < 4.78 is 0. The van der Waals surface area contributed by atoms with E-state index in [4.69, 9.17) is 0 Å². The molecule has 0 bridgehead atoms. The van der Waals surface area contributed by atoms with Gasteiger partial charge in [-0.05, 0) is 40.1 Å². The molecule has 1 aromatic carbocycles. The van der Waals surface area contributed by atoms with Gasteiger partial charge in [-0.2, -0.15) is 0 Å². The fourth-order valence-corrected chi connectivity index (χ4v) is 2.53. The Labute approximate surface area is 134 Å². The van der Waals surface area contributed by atoms with Crippen molar-refractivity contribution < 1.29 is 0 Å². The van der Waals surface area contributed by atoms with E-state index in [-0.39, 0.29) is 10.8 Å². The maximum Gasteiger partial charge on any atom is -0.00999 e. The molecule has 0 nitrogen and oxygen atoms in total. The summed E-state index contributed by atoms with van der Waals surface area (Å²) >= 11 is 0. The topological polar surface area (TPSA) is 0 Å². The van der Waals surface area contributed by atoms with Gasteiger partial charge >= 0.3 is 0 Å². The molecule has 1 heteroatoms. The maximum atomic E-state index is 3.36. The minimum atomic E-state index is 0.261. The normalized spacial score (nSPS) is 11.4. The summed E-state index contributed by atoms with van der Waals surface area (Å²) in [5.41, 5.74) is 3.47. The second-order valence-corrected chi connectivity index (χ2v) is 7.37. The first-order valence-electron chi connectivity index (χ1n) is 7.80. The highest BCUT2D eigenvalue weighted by molar-refractivity contribution is 7.27. The van der Waals surface area contributed by atoms with E-state index in [1.165, 1.54) is 29.3 Å². The highest BCUT2D eigenvalue weighted by Gasteiger charge is 2.24. The molecule has 1 aromatic rings. The molecular weight excluding hydrogens is 271 g/mol. The van der Waals surface area contributed by atoms with E-state index in [2.05, 4.69) is 82.1 Å². The van der Waals surface area contributed by atoms with Crippen LogP contribution >= 0.6 is 9.24 Å². The number of benzene rings is 1. The first kappa shape index (κ1) is 20.1. The zero-order chi connectivity index (χ0) is 16.7. The van der Waals surface area contributed by atoms with E-state index in [0.717, 1.165) is 0 Å². The molecule has 0 aromatic heterocycles. The van der Waals surface area contributed by atoms with Gasteiger partial charge in [0.1, 0.15) is 0 Å². The third kappa shape index (κ3) is 5.79. The van der Waals surface area contributed by atoms with Crippen molar-refractivity contribution in [1.82, 2.24) is 0 Å². The van der Waals surface area contributed by atoms with Crippen molar-refractivity contribution >= 4 is 14.5 Å². The van der Waals surface area contributed by atoms with Crippen LogP contribution in [0.5, 0.6) is 0 Å². The lowest BCUT2D eigenvalue weighted by atomic mass is 9.76. The Bertz CT molecular complexity index is 461. The lowest BCUT2D eigenvalue weighted by molar-refractivity contribution is 0.491. The van der Waals surface area contributed by atoms with Gasteiger partial charge in [0.2, 0.25) is 0 Å². The highest BCUT2D eigenvalue weighted by atomic mass is 31.0. The first-order valence-corrected chi connectivity index (χ1v) is 8.38. The van der Waals surface area contributed by atoms with Gasteiger partial charge in [0.05, 0.1) is 0 Å². The number of hydrogen-bond acceptors (Lipinski definition) is 0. The summed E-state index contributed by atoms with van der Waals surface area (Å²) in [6.45, 7) is 20.6. The minimum Gasteiger partial charge on any atom is -0.105 e. The van der Waals surface area contributed by atoms with Crippen LogP contribution in [0.15, 0.2) is 43.5 Å². The van der Waals surface area contributed by atoms with Gasteiger partial charge in [-0.15, -0.1) is 9.24 Å². The molecule has 0 aliphatic heterocycles. The van der Waals surface area contributed by atoms with Gasteiger partial charge in [-0.25, -0.2) is 0 Å². The third-order valence-corrected chi connectivity index (χ3v) is 5.00. The zero-order valence-electron chi connectivity index (χ0n) is 14.8. The van der Waals surface area contributed by atoms with E-state index in [1.807, 2.05) is 0 Å². The molecule has 1 unspecified atom stereocenters. The van der Waals surface area contributed by atoms with Crippen LogP contribution in [0.2, 0.25) is 0 Å². The average molecular weight is 304 g/mol. The average Bonchev–Trinajstić information content (AvgIpc) is 2.47. The van der Waals surface area contributed by atoms with Crippen LogP contribution in [-0.2, 0) is 10.8 Å². The molecule has 0 aliphatic rings. The molecule has 0 amide bonds. The van der Waals surface area contributed by atoms with Crippen LogP contribution in [0.4, 0.5) is 0 Å². The summed E-state index contributed by atoms with van der Waals surface area (Å²) in [6, 6.07) is 6.94. The summed E-state index contributed by atoms with van der Waals surface area (Å²) in [6.07, 6.45) is 5.62. The van der Waals surface area contributed by atoms with Crippen molar-refractivity contribution in [2.45, 2.75) is 65.2 Å². The predicted molar refractivity (Wildman–Crippen MR) is 103 cm³/mol. The Hall–Kier alpha value is -0.870. The van der Waals surface area contributed by atoms with Crippen molar-refractivity contribution in [3.8, 4) is 0 Å². The van der Waals surface area contributed by atoms with Crippen molar-refractivity contribution in [3.63, 3.8) is 0 Å². The Morgan fingerprint density at radius 2 is 1.43 bits per heavy atom. The van der Waals surface area contributed by atoms with Crippen LogP contribution in [0.3, 0.4) is 0 Å². The van der Waals surface area contributed by atoms with Crippen molar-refractivity contribution in [1.29, 1.82) is 0 Å². The highest BCUT2D eigenvalue weighted by Crippen LogP contribution is 2.32. The SMILES string of the molecule is C=CC=C.CCC(C)(C)c1ccc(P)c(C(C)(C)CC)c1. The van der Waals surface area contributed by atoms with Crippen LogP contribution in [-0.4, -0.2) is 0 Å². The Morgan fingerprint density at radius 1 is 0.952 bits per heavy atom. The van der Waals surface area contributed by atoms with Gasteiger partial charge in [0, 0.05) is 0 Å². The Balaban J connectivity index is 0.000000885. The first-order chi connectivity index (χ1) is 9.66. The molecule has 0 aliphatic carbocycles. The molecule has 118 valence electrons. The zero-order valence-corrected chi connectivity index (χ0v) is 15.9. The number of rotatable bonds is 5. The van der Waals surface area contributed by atoms with Crippen LogP contribution in [0, 0.1) is 0 Å². The largest absolute Gasteiger partial charge is 0.105 e.